The Morgan fingerprint density at radius 3 is 2.63 bits per heavy atom. The number of aliphatic hydroxyl groups excluding tert-OH is 1. The van der Waals surface area contributed by atoms with Gasteiger partial charge in [0, 0.05) is 28.7 Å². The van der Waals surface area contributed by atoms with Gasteiger partial charge in [0.15, 0.2) is 9.84 Å². The van der Waals surface area contributed by atoms with Crippen molar-refractivity contribution < 1.29 is 13.5 Å². The molecule has 1 saturated carbocycles. The lowest BCUT2D eigenvalue weighted by molar-refractivity contribution is 0.212. The minimum Gasteiger partial charge on any atom is -0.396 e. The van der Waals surface area contributed by atoms with E-state index in [0.29, 0.717) is 5.02 Å². The molecule has 0 unspecified atom stereocenters. The summed E-state index contributed by atoms with van der Waals surface area (Å²) in [7, 11) is -3.25. The Balaban J connectivity index is 2.45. The second-order valence-corrected chi connectivity index (χ2v) is 7.85. The van der Waals surface area contributed by atoms with Gasteiger partial charge in [-0.05, 0) is 17.7 Å². The van der Waals surface area contributed by atoms with Crippen LogP contribution in [-0.4, -0.2) is 37.7 Å². The molecule has 0 bridgehead atoms. The van der Waals surface area contributed by atoms with Crippen LogP contribution in [-0.2, 0) is 9.84 Å². The summed E-state index contributed by atoms with van der Waals surface area (Å²) in [5, 5.41) is 9.55. The molecular formula is C13H18ClNO3S. The topological polar surface area (TPSA) is 80.4 Å². The normalized spacial score (nSPS) is 30.3. The molecule has 0 heterocycles. The summed E-state index contributed by atoms with van der Waals surface area (Å²) in [4.78, 5) is 0. The number of nitrogens with two attached hydrogens (primary N) is 1. The summed E-state index contributed by atoms with van der Waals surface area (Å²) in [6.07, 6.45) is 0. The number of sulfone groups is 1. The SMILES string of the molecule is CCS(=O)(=O)[C@@H]1[C@@H](c2cccc(Cl)c2)[C@@]1(CN)CO. The maximum absolute atomic E-state index is 12.2. The number of halogens is 1. The van der Waals surface area contributed by atoms with Crippen LogP contribution in [0.2, 0.25) is 5.02 Å². The first-order chi connectivity index (χ1) is 8.93. The molecule has 1 aliphatic carbocycles. The number of hydrogen-bond donors (Lipinski definition) is 2. The lowest BCUT2D eigenvalue weighted by Gasteiger charge is -2.11. The van der Waals surface area contributed by atoms with Crippen LogP contribution in [0.25, 0.3) is 0 Å². The fraction of sp³-hybridized carbons (Fsp3) is 0.538. The molecule has 0 aromatic heterocycles. The van der Waals surface area contributed by atoms with E-state index in [1.54, 1.807) is 25.1 Å². The van der Waals surface area contributed by atoms with Gasteiger partial charge in [-0.25, -0.2) is 8.42 Å². The van der Waals surface area contributed by atoms with Crippen LogP contribution in [0.3, 0.4) is 0 Å². The van der Waals surface area contributed by atoms with E-state index in [-0.39, 0.29) is 24.8 Å². The van der Waals surface area contributed by atoms with E-state index in [2.05, 4.69) is 0 Å². The average molecular weight is 304 g/mol. The van der Waals surface area contributed by atoms with Gasteiger partial charge in [-0.1, -0.05) is 30.7 Å². The van der Waals surface area contributed by atoms with Gasteiger partial charge in [0.1, 0.15) is 0 Å². The van der Waals surface area contributed by atoms with Crippen LogP contribution in [0.1, 0.15) is 18.4 Å². The zero-order chi connectivity index (χ0) is 14.3. The zero-order valence-electron chi connectivity index (χ0n) is 10.7. The molecule has 3 atom stereocenters. The molecule has 6 heteroatoms. The smallest absolute Gasteiger partial charge is 0.154 e. The Hall–Kier alpha value is -0.620. The van der Waals surface area contributed by atoms with Gasteiger partial charge in [-0.15, -0.1) is 0 Å². The molecule has 19 heavy (non-hydrogen) atoms. The van der Waals surface area contributed by atoms with Gasteiger partial charge >= 0.3 is 0 Å². The van der Waals surface area contributed by atoms with Gasteiger partial charge in [0.05, 0.1) is 11.9 Å². The Morgan fingerprint density at radius 2 is 2.16 bits per heavy atom. The first-order valence-electron chi connectivity index (χ1n) is 6.21. The Labute approximate surface area is 118 Å². The van der Waals surface area contributed by atoms with Gasteiger partial charge in [-0.2, -0.15) is 0 Å². The van der Waals surface area contributed by atoms with Crippen molar-refractivity contribution in [2.24, 2.45) is 11.1 Å². The lowest BCUT2D eigenvalue weighted by atomic mass is 10.0. The van der Waals surface area contributed by atoms with Crippen molar-refractivity contribution in [1.29, 1.82) is 0 Å². The first kappa shape index (κ1) is 14.8. The van der Waals surface area contributed by atoms with E-state index in [9.17, 15) is 13.5 Å². The highest BCUT2D eigenvalue weighted by atomic mass is 35.5. The van der Waals surface area contributed by atoms with Gasteiger partial charge in [-0.3, -0.25) is 0 Å². The van der Waals surface area contributed by atoms with Gasteiger partial charge in [0.25, 0.3) is 0 Å². The minimum absolute atomic E-state index is 0.0521. The molecule has 3 N–H and O–H groups in total. The molecule has 0 aliphatic heterocycles. The van der Waals surface area contributed by atoms with Crippen LogP contribution in [0, 0.1) is 5.41 Å². The summed E-state index contributed by atoms with van der Waals surface area (Å²) < 4.78 is 24.3. The van der Waals surface area contributed by atoms with E-state index in [1.165, 1.54) is 0 Å². The van der Waals surface area contributed by atoms with Crippen LogP contribution in [0.5, 0.6) is 0 Å². The number of hydrogen-bond acceptors (Lipinski definition) is 4. The molecule has 0 amide bonds. The predicted molar refractivity (Wildman–Crippen MR) is 76.0 cm³/mol. The van der Waals surface area contributed by atoms with E-state index in [0.717, 1.165) is 5.56 Å². The quantitative estimate of drug-likeness (QED) is 0.856. The lowest BCUT2D eigenvalue weighted by Crippen LogP contribution is -2.28. The van der Waals surface area contributed by atoms with Crippen LogP contribution in [0.4, 0.5) is 0 Å². The third-order valence-electron chi connectivity index (χ3n) is 4.05. The maximum atomic E-state index is 12.2. The minimum atomic E-state index is -3.25. The molecule has 0 spiro atoms. The number of rotatable bonds is 5. The largest absolute Gasteiger partial charge is 0.396 e. The van der Waals surface area contributed by atoms with Crippen molar-refractivity contribution >= 4 is 21.4 Å². The third-order valence-corrected chi connectivity index (χ3v) is 6.61. The van der Waals surface area contributed by atoms with Crippen LogP contribution >= 0.6 is 11.6 Å². The molecule has 1 fully saturated rings. The highest BCUT2D eigenvalue weighted by molar-refractivity contribution is 7.92. The third kappa shape index (κ3) is 2.29. The maximum Gasteiger partial charge on any atom is 0.154 e. The molecule has 106 valence electrons. The Bertz CT molecular complexity index is 569. The van der Waals surface area contributed by atoms with E-state index in [4.69, 9.17) is 17.3 Å². The predicted octanol–water partition coefficient (Wildman–Crippen LogP) is 1.18. The standard InChI is InChI=1S/C13H18ClNO3S/c1-2-19(17,18)12-11(13(12,7-15)8-16)9-4-3-5-10(14)6-9/h3-6,11-12,16H,2,7-8,15H2,1H3/t11-,12-,13-/m1/s1. The van der Waals surface area contributed by atoms with E-state index < -0.39 is 20.5 Å². The molecule has 1 aliphatic rings. The summed E-state index contributed by atoms with van der Waals surface area (Å²) >= 11 is 5.95. The van der Waals surface area contributed by atoms with Gasteiger partial charge in [0.2, 0.25) is 0 Å². The van der Waals surface area contributed by atoms with Crippen LogP contribution in [0.15, 0.2) is 24.3 Å². The van der Waals surface area contributed by atoms with Crippen molar-refractivity contribution in [2.45, 2.75) is 18.1 Å². The fourth-order valence-electron chi connectivity index (χ4n) is 2.90. The van der Waals surface area contributed by atoms with E-state index >= 15 is 0 Å². The van der Waals surface area contributed by atoms with Crippen LogP contribution < -0.4 is 5.73 Å². The molecule has 1 aromatic rings. The second-order valence-electron chi connectivity index (χ2n) is 5.00. The van der Waals surface area contributed by atoms with Crippen molar-refractivity contribution in [3.05, 3.63) is 34.9 Å². The van der Waals surface area contributed by atoms with E-state index in [1.807, 2.05) is 6.07 Å². The monoisotopic (exact) mass is 303 g/mol. The molecule has 0 saturated heterocycles. The highest BCUT2D eigenvalue weighted by Crippen LogP contribution is 2.62. The average Bonchev–Trinajstić information content (AvgIpc) is 3.09. The highest BCUT2D eigenvalue weighted by Gasteiger charge is 2.69. The number of aliphatic hydroxyl groups is 1. The van der Waals surface area contributed by atoms with Crippen molar-refractivity contribution in [1.82, 2.24) is 0 Å². The summed E-state index contributed by atoms with van der Waals surface area (Å²) in [5.74, 6) is -0.220. The van der Waals surface area contributed by atoms with Crippen molar-refractivity contribution in [3.8, 4) is 0 Å². The number of benzene rings is 1. The Morgan fingerprint density at radius 1 is 1.47 bits per heavy atom. The molecule has 0 radical (unpaired) electrons. The molecule has 4 nitrogen and oxygen atoms in total. The molecule has 2 rings (SSSR count). The van der Waals surface area contributed by atoms with Crippen molar-refractivity contribution in [3.63, 3.8) is 0 Å². The Kier molecular flexibility index (Phi) is 3.93. The summed E-state index contributed by atoms with van der Waals surface area (Å²) in [6.45, 7) is 1.52. The fourth-order valence-corrected chi connectivity index (χ4v) is 5.26. The second kappa shape index (κ2) is 5.05. The molecule has 1 aromatic carbocycles. The first-order valence-corrected chi connectivity index (χ1v) is 8.30. The summed E-state index contributed by atoms with van der Waals surface area (Å²) in [6, 6.07) is 7.10. The van der Waals surface area contributed by atoms with Crippen molar-refractivity contribution in [2.75, 3.05) is 18.9 Å². The summed E-state index contributed by atoms with van der Waals surface area (Å²) in [5.41, 5.74) is 5.79. The zero-order valence-corrected chi connectivity index (χ0v) is 12.3. The van der Waals surface area contributed by atoms with Gasteiger partial charge < -0.3 is 10.8 Å². The molecular weight excluding hydrogens is 286 g/mol.